The van der Waals surface area contributed by atoms with Gasteiger partial charge in [-0.1, -0.05) is 4.49 Å². The Labute approximate surface area is 177 Å². The number of carbonyl (C=O) groups excluding carboxylic acids is 2. The van der Waals surface area contributed by atoms with Gasteiger partial charge in [-0.05, 0) is 67.7 Å². The number of hydrogen-bond acceptors (Lipinski definition) is 6. The first-order valence-corrected chi connectivity index (χ1v) is 10.4. The number of carbonyl (C=O) groups is 2. The molecular formula is C21H20FN5O2S. The summed E-state index contributed by atoms with van der Waals surface area (Å²) in [5.74, 6) is -0.601. The van der Waals surface area contributed by atoms with Gasteiger partial charge in [-0.25, -0.2) is 4.39 Å². The van der Waals surface area contributed by atoms with E-state index in [2.05, 4.69) is 19.9 Å². The molecule has 1 atom stereocenters. The smallest absolute Gasteiger partial charge is 0.267 e. The van der Waals surface area contributed by atoms with Gasteiger partial charge in [0.05, 0.1) is 11.3 Å². The number of halogens is 1. The van der Waals surface area contributed by atoms with Crippen LogP contribution in [0.25, 0.3) is 0 Å². The zero-order valence-corrected chi connectivity index (χ0v) is 17.2. The highest BCUT2D eigenvalue weighted by atomic mass is 32.1. The van der Waals surface area contributed by atoms with E-state index in [4.69, 9.17) is 0 Å². The Bertz CT molecular complexity index is 1050. The van der Waals surface area contributed by atoms with Crippen molar-refractivity contribution in [3.05, 3.63) is 70.2 Å². The molecule has 4 rings (SSSR count). The van der Waals surface area contributed by atoms with Crippen molar-refractivity contribution in [1.29, 1.82) is 0 Å². The van der Waals surface area contributed by atoms with E-state index < -0.39 is 0 Å². The van der Waals surface area contributed by atoms with Crippen molar-refractivity contribution in [2.24, 2.45) is 0 Å². The number of likely N-dealkylation sites (tertiary alicyclic amines) is 1. The molecule has 7 nitrogen and oxygen atoms in total. The second kappa shape index (κ2) is 8.66. The third-order valence-electron chi connectivity index (χ3n) is 5.12. The number of aryl methyl sites for hydroxylation is 1. The van der Waals surface area contributed by atoms with Gasteiger partial charge in [0, 0.05) is 36.6 Å². The first kappa shape index (κ1) is 20.1. The van der Waals surface area contributed by atoms with Gasteiger partial charge in [-0.2, -0.15) is 0 Å². The van der Waals surface area contributed by atoms with Crippen LogP contribution in [0.3, 0.4) is 0 Å². The van der Waals surface area contributed by atoms with Crippen molar-refractivity contribution in [1.82, 2.24) is 19.5 Å². The summed E-state index contributed by atoms with van der Waals surface area (Å²) in [6.45, 7) is 3.06. The number of hydrogen-bond donors (Lipinski definition) is 1. The lowest BCUT2D eigenvalue weighted by atomic mass is 9.94. The minimum Gasteiger partial charge on any atom is -0.337 e. The maximum atomic E-state index is 13.0. The van der Waals surface area contributed by atoms with Gasteiger partial charge >= 0.3 is 0 Å². The molecule has 30 heavy (non-hydrogen) atoms. The summed E-state index contributed by atoms with van der Waals surface area (Å²) < 4.78 is 16.8. The molecule has 1 aliphatic rings. The predicted molar refractivity (Wildman–Crippen MR) is 111 cm³/mol. The molecule has 0 aliphatic carbocycles. The zero-order chi connectivity index (χ0) is 21.1. The van der Waals surface area contributed by atoms with E-state index in [0.717, 1.165) is 30.1 Å². The lowest BCUT2D eigenvalue weighted by molar-refractivity contribution is 0.0710. The van der Waals surface area contributed by atoms with Gasteiger partial charge in [-0.15, -0.1) is 5.10 Å². The minimum atomic E-state index is -0.360. The molecule has 1 N–H and O–H groups in total. The Morgan fingerprint density at radius 3 is 2.67 bits per heavy atom. The highest BCUT2D eigenvalue weighted by molar-refractivity contribution is 7.07. The number of anilines is 1. The summed E-state index contributed by atoms with van der Waals surface area (Å²) in [5, 5.41) is 6.64. The fourth-order valence-corrected chi connectivity index (χ4v) is 4.12. The van der Waals surface area contributed by atoms with Crippen molar-refractivity contribution < 1.29 is 14.0 Å². The highest BCUT2D eigenvalue weighted by Gasteiger charge is 2.28. The van der Waals surface area contributed by atoms with Gasteiger partial charge in [-0.3, -0.25) is 14.6 Å². The van der Waals surface area contributed by atoms with Crippen LogP contribution in [-0.4, -0.2) is 44.4 Å². The molecule has 3 heterocycles. The molecule has 0 spiro atoms. The maximum absolute atomic E-state index is 13.0. The van der Waals surface area contributed by atoms with E-state index in [1.54, 1.807) is 13.0 Å². The number of nitrogens with zero attached hydrogens (tertiary/aromatic N) is 4. The van der Waals surface area contributed by atoms with E-state index >= 15 is 0 Å². The average Bonchev–Trinajstić information content (AvgIpc) is 3.21. The molecule has 9 heteroatoms. The van der Waals surface area contributed by atoms with Crippen molar-refractivity contribution in [2.45, 2.75) is 25.7 Å². The Kier molecular flexibility index (Phi) is 5.80. The SMILES string of the molecule is Cc1nnsc1C(=O)N1CCC[C@@H](c2ccc(C(=O)Nc3ccc(F)cc3)cn2)C1. The quantitative estimate of drug-likeness (QED) is 0.689. The van der Waals surface area contributed by atoms with Crippen LogP contribution in [0, 0.1) is 12.7 Å². The summed E-state index contributed by atoms with van der Waals surface area (Å²) >= 11 is 1.12. The number of amides is 2. The molecular weight excluding hydrogens is 405 g/mol. The Balaban J connectivity index is 1.42. The van der Waals surface area contributed by atoms with Crippen LogP contribution >= 0.6 is 11.5 Å². The molecule has 1 aromatic carbocycles. The molecule has 0 bridgehead atoms. The van der Waals surface area contributed by atoms with Crippen LogP contribution in [0.4, 0.5) is 10.1 Å². The van der Waals surface area contributed by atoms with Crippen LogP contribution in [-0.2, 0) is 0 Å². The molecule has 1 saturated heterocycles. The van der Waals surface area contributed by atoms with Gasteiger partial charge in [0.15, 0.2) is 0 Å². The molecule has 0 saturated carbocycles. The van der Waals surface area contributed by atoms with E-state index in [9.17, 15) is 14.0 Å². The van der Waals surface area contributed by atoms with E-state index in [-0.39, 0.29) is 23.5 Å². The number of nitrogens with one attached hydrogen (secondary N) is 1. The van der Waals surface area contributed by atoms with Crippen LogP contribution in [0.15, 0.2) is 42.6 Å². The zero-order valence-electron chi connectivity index (χ0n) is 16.3. The second-order valence-electron chi connectivity index (χ2n) is 7.21. The van der Waals surface area contributed by atoms with Crippen molar-refractivity contribution in [3.8, 4) is 0 Å². The van der Waals surface area contributed by atoms with E-state index in [0.29, 0.717) is 34.9 Å². The van der Waals surface area contributed by atoms with Crippen LogP contribution in [0.2, 0.25) is 0 Å². The van der Waals surface area contributed by atoms with Crippen molar-refractivity contribution in [2.75, 3.05) is 18.4 Å². The maximum Gasteiger partial charge on any atom is 0.267 e. The Hall–Kier alpha value is -3.20. The van der Waals surface area contributed by atoms with Gasteiger partial charge in [0.2, 0.25) is 0 Å². The number of piperidine rings is 1. The van der Waals surface area contributed by atoms with Crippen LogP contribution in [0.1, 0.15) is 50.2 Å². The monoisotopic (exact) mass is 425 g/mol. The number of aromatic nitrogens is 3. The van der Waals surface area contributed by atoms with Crippen molar-refractivity contribution in [3.63, 3.8) is 0 Å². The third kappa shape index (κ3) is 4.35. The summed E-state index contributed by atoms with van der Waals surface area (Å²) in [4.78, 5) is 32.0. The molecule has 1 aliphatic heterocycles. The standard InChI is InChI=1S/C21H20FN5O2S/c1-13-19(30-26-25-13)21(29)27-10-2-3-15(12-27)18-9-4-14(11-23-18)20(28)24-17-7-5-16(22)6-8-17/h4-9,11,15H,2-3,10,12H2,1H3,(H,24,28)/t15-/m1/s1. The molecule has 0 radical (unpaired) electrons. The summed E-state index contributed by atoms with van der Waals surface area (Å²) in [6.07, 6.45) is 3.35. The lowest BCUT2D eigenvalue weighted by Gasteiger charge is -2.32. The number of benzene rings is 1. The first-order chi connectivity index (χ1) is 14.5. The second-order valence-corrected chi connectivity index (χ2v) is 7.96. The molecule has 3 aromatic rings. The summed E-state index contributed by atoms with van der Waals surface area (Å²) in [7, 11) is 0. The topological polar surface area (TPSA) is 88.1 Å². The Morgan fingerprint density at radius 2 is 2.00 bits per heavy atom. The van der Waals surface area contributed by atoms with Gasteiger partial charge < -0.3 is 10.2 Å². The highest BCUT2D eigenvalue weighted by Crippen LogP contribution is 2.27. The Morgan fingerprint density at radius 1 is 1.20 bits per heavy atom. The first-order valence-electron chi connectivity index (χ1n) is 9.62. The number of pyridine rings is 1. The summed E-state index contributed by atoms with van der Waals surface area (Å²) in [6, 6.07) is 9.14. The van der Waals surface area contributed by atoms with Crippen LogP contribution < -0.4 is 5.32 Å². The van der Waals surface area contributed by atoms with E-state index in [1.165, 1.54) is 30.5 Å². The number of rotatable bonds is 4. The molecule has 2 amide bonds. The molecule has 2 aromatic heterocycles. The van der Waals surface area contributed by atoms with Crippen molar-refractivity contribution >= 4 is 29.0 Å². The largest absolute Gasteiger partial charge is 0.337 e. The minimum absolute atomic E-state index is 0.0394. The van der Waals surface area contributed by atoms with Gasteiger partial charge in [0.25, 0.3) is 11.8 Å². The molecule has 0 unspecified atom stereocenters. The lowest BCUT2D eigenvalue weighted by Crippen LogP contribution is -2.39. The van der Waals surface area contributed by atoms with E-state index in [1.807, 2.05) is 11.0 Å². The molecule has 154 valence electrons. The van der Waals surface area contributed by atoms with Crippen LogP contribution in [0.5, 0.6) is 0 Å². The normalized spacial score (nSPS) is 16.3. The third-order valence-corrected chi connectivity index (χ3v) is 5.94. The fourth-order valence-electron chi connectivity index (χ4n) is 3.49. The molecule has 1 fully saturated rings. The predicted octanol–water partition coefficient (Wildman–Crippen LogP) is 3.65. The average molecular weight is 425 g/mol. The fraction of sp³-hybridized carbons (Fsp3) is 0.286. The summed E-state index contributed by atoms with van der Waals surface area (Å²) in [5.41, 5.74) is 2.43. The van der Waals surface area contributed by atoms with Gasteiger partial charge in [0.1, 0.15) is 10.7 Å².